The molecule has 12 heavy (non-hydrogen) atoms. The SMILES string of the molecule is Nc1ccc2c(c1)CC(C=O)O2. The predicted molar refractivity (Wildman–Crippen MR) is 45.0 cm³/mol. The minimum atomic E-state index is -0.318. The highest BCUT2D eigenvalue weighted by Crippen LogP contribution is 2.29. The maximum absolute atomic E-state index is 10.4. The third-order valence-electron chi connectivity index (χ3n) is 1.94. The van der Waals surface area contributed by atoms with Gasteiger partial charge in [0.1, 0.15) is 5.75 Å². The summed E-state index contributed by atoms with van der Waals surface area (Å²) in [6.07, 6.45) is 1.14. The molecule has 0 aliphatic carbocycles. The Morgan fingerprint density at radius 3 is 3.17 bits per heavy atom. The highest BCUT2D eigenvalue weighted by Gasteiger charge is 2.21. The van der Waals surface area contributed by atoms with E-state index in [0.717, 1.165) is 17.6 Å². The molecule has 0 aromatic heterocycles. The molecule has 3 heteroatoms. The van der Waals surface area contributed by atoms with Gasteiger partial charge in [0.25, 0.3) is 0 Å². The van der Waals surface area contributed by atoms with Crippen molar-refractivity contribution in [3.05, 3.63) is 23.8 Å². The normalized spacial score (nSPS) is 19.8. The average molecular weight is 163 g/mol. The van der Waals surface area contributed by atoms with Crippen molar-refractivity contribution in [2.45, 2.75) is 12.5 Å². The summed E-state index contributed by atoms with van der Waals surface area (Å²) >= 11 is 0. The fourth-order valence-electron chi connectivity index (χ4n) is 1.37. The molecule has 0 radical (unpaired) electrons. The molecule has 1 unspecified atom stereocenters. The van der Waals surface area contributed by atoms with Crippen LogP contribution in [0.2, 0.25) is 0 Å². The predicted octanol–water partition coefficient (Wildman–Crippen LogP) is 0.771. The molecule has 1 aromatic carbocycles. The van der Waals surface area contributed by atoms with E-state index in [9.17, 15) is 4.79 Å². The third kappa shape index (κ3) is 1.03. The quantitative estimate of drug-likeness (QED) is 0.491. The molecule has 1 heterocycles. The second-order valence-electron chi connectivity index (χ2n) is 2.86. The second-order valence-corrected chi connectivity index (χ2v) is 2.86. The van der Waals surface area contributed by atoms with Crippen LogP contribution in [0.25, 0.3) is 0 Å². The Bertz CT molecular complexity index is 322. The number of hydrogen-bond donors (Lipinski definition) is 1. The van der Waals surface area contributed by atoms with Crippen LogP contribution in [0.1, 0.15) is 5.56 Å². The standard InChI is InChI=1S/C9H9NO2/c10-7-1-2-9-6(3-7)4-8(5-11)12-9/h1-3,5,8H,4,10H2. The topological polar surface area (TPSA) is 52.3 Å². The molecule has 2 N–H and O–H groups in total. The van der Waals surface area contributed by atoms with Crippen molar-refractivity contribution in [2.75, 3.05) is 5.73 Å². The van der Waals surface area contributed by atoms with E-state index in [2.05, 4.69) is 0 Å². The number of rotatable bonds is 1. The van der Waals surface area contributed by atoms with Gasteiger partial charge in [-0.1, -0.05) is 0 Å². The number of ether oxygens (including phenoxy) is 1. The summed E-state index contributed by atoms with van der Waals surface area (Å²) in [5.41, 5.74) is 7.31. The number of benzene rings is 1. The summed E-state index contributed by atoms with van der Waals surface area (Å²) in [5, 5.41) is 0. The summed E-state index contributed by atoms with van der Waals surface area (Å²) < 4.78 is 5.29. The van der Waals surface area contributed by atoms with Gasteiger partial charge in [0, 0.05) is 17.7 Å². The molecule has 0 spiro atoms. The number of nitrogens with two attached hydrogens (primary N) is 1. The van der Waals surface area contributed by atoms with Crippen molar-refractivity contribution in [3.8, 4) is 5.75 Å². The van der Waals surface area contributed by atoms with Crippen LogP contribution in [0.15, 0.2) is 18.2 Å². The lowest BCUT2D eigenvalue weighted by atomic mass is 10.1. The minimum Gasteiger partial charge on any atom is -0.482 e. The highest BCUT2D eigenvalue weighted by molar-refractivity contribution is 5.62. The monoisotopic (exact) mass is 163 g/mol. The van der Waals surface area contributed by atoms with Crippen LogP contribution in [-0.2, 0) is 11.2 Å². The van der Waals surface area contributed by atoms with E-state index in [1.807, 2.05) is 6.07 Å². The zero-order chi connectivity index (χ0) is 8.55. The van der Waals surface area contributed by atoms with Gasteiger partial charge in [0.15, 0.2) is 12.4 Å². The van der Waals surface area contributed by atoms with Crippen LogP contribution in [0.4, 0.5) is 5.69 Å². The Labute approximate surface area is 70.1 Å². The Kier molecular flexibility index (Phi) is 1.50. The smallest absolute Gasteiger partial charge is 0.160 e. The van der Waals surface area contributed by atoms with Crippen LogP contribution < -0.4 is 10.5 Å². The number of anilines is 1. The second kappa shape index (κ2) is 2.52. The number of nitrogen functional groups attached to an aromatic ring is 1. The summed E-state index contributed by atoms with van der Waals surface area (Å²) in [4.78, 5) is 10.4. The van der Waals surface area contributed by atoms with Crippen LogP contribution in [0, 0.1) is 0 Å². The number of fused-ring (bicyclic) bond motifs is 1. The maximum atomic E-state index is 10.4. The number of aldehydes is 1. The van der Waals surface area contributed by atoms with E-state index in [-0.39, 0.29) is 6.10 Å². The zero-order valence-corrected chi connectivity index (χ0v) is 6.49. The van der Waals surface area contributed by atoms with Crippen molar-refractivity contribution in [2.24, 2.45) is 0 Å². The van der Waals surface area contributed by atoms with E-state index >= 15 is 0 Å². The molecular weight excluding hydrogens is 154 g/mol. The first kappa shape index (κ1) is 7.16. The van der Waals surface area contributed by atoms with Crippen LogP contribution >= 0.6 is 0 Å². The van der Waals surface area contributed by atoms with Gasteiger partial charge in [0.05, 0.1) is 0 Å². The van der Waals surface area contributed by atoms with Gasteiger partial charge < -0.3 is 10.5 Å². The molecule has 0 fully saturated rings. The van der Waals surface area contributed by atoms with E-state index in [1.165, 1.54) is 0 Å². The molecule has 1 aromatic rings. The fourth-order valence-corrected chi connectivity index (χ4v) is 1.37. The minimum absolute atomic E-state index is 0.318. The van der Waals surface area contributed by atoms with Crippen molar-refractivity contribution < 1.29 is 9.53 Å². The molecule has 0 amide bonds. The van der Waals surface area contributed by atoms with Crippen molar-refractivity contribution in [1.82, 2.24) is 0 Å². The van der Waals surface area contributed by atoms with Crippen molar-refractivity contribution >= 4 is 12.0 Å². The van der Waals surface area contributed by atoms with E-state index in [4.69, 9.17) is 10.5 Å². The van der Waals surface area contributed by atoms with Crippen molar-refractivity contribution in [3.63, 3.8) is 0 Å². The summed E-state index contributed by atoms with van der Waals surface area (Å²) in [5.74, 6) is 0.779. The van der Waals surface area contributed by atoms with Gasteiger partial charge >= 0.3 is 0 Å². The van der Waals surface area contributed by atoms with E-state index in [0.29, 0.717) is 12.1 Å². The van der Waals surface area contributed by atoms with E-state index in [1.54, 1.807) is 12.1 Å². The number of carbonyl (C=O) groups is 1. The first-order valence-corrected chi connectivity index (χ1v) is 3.80. The lowest BCUT2D eigenvalue weighted by Crippen LogP contribution is -2.13. The maximum Gasteiger partial charge on any atom is 0.160 e. The van der Waals surface area contributed by atoms with Crippen LogP contribution in [0.5, 0.6) is 5.75 Å². The molecule has 1 aliphatic heterocycles. The highest BCUT2D eigenvalue weighted by atomic mass is 16.5. The van der Waals surface area contributed by atoms with Crippen LogP contribution in [-0.4, -0.2) is 12.4 Å². The van der Waals surface area contributed by atoms with Gasteiger partial charge in [0.2, 0.25) is 0 Å². The Morgan fingerprint density at radius 1 is 1.58 bits per heavy atom. The molecule has 1 aliphatic rings. The summed E-state index contributed by atoms with van der Waals surface area (Å²) in [7, 11) is 0. The summed E-state index contributed by atoms with van der Waals surface area (Å²) in [6.45, 7) is 0. The average Bonchev–Trinajstić information content (AvgIpc) is 2.46. The molecule has 1 atom stereocenters. The van der Waals surface area contributed by atoms with Gasteiger partial charge in [-0.15, -0.1) is 0 Å². The molecule has 0 saturated carbocycles. The molecule has 3 nitrogen and oxygen atoms in total. The first-order chi connectivity index (χ1) is 5.79. The molecule has 62 valence electrons. The lowest BCUT2D eigenvalue weighted by Gasteiger charge is -2.00. The molecule has 2 rings (SSSR count). The van der Waals surface area contributed by atoms with E-state index < -0.39 is 0 Å². The molecule has 0 bridgehead atoms. The van der Waals surface area contributed by atoms with Crippen LogP contribution in [0.3, 0.4) is 0 Å². The zero-order valence-electron chi connectivity index (χ0n) is 6.49. The molecular formula is C9H9NO2. The number of carbonyl (C=O) groups excluding carboxylic acids is 1. The molecule has 0 saturated heterocycles. The summed E-state index contributed by atoms with van der Waals surface area (Å²) in [6, 6.07) is 5.42. The van der Waals surface area contributed by atoms with Gasteiger partial charge in [-0.2, -0.15) is 0 Å². The Hall–Kier alpha value is -1.51. The van der Waals surface area contributed by atoms with Crippen molar-refractivity contribution in [1.29, 1.82) is 0 Å². The van der Waals surface area contributed by atoms with Gasteiger partial charge in [-0.3, -0.25) is 4.79 Å². The van der Waals surface area contributed by atoms with Gasteiger partial charge in [-0.05, 0) is 18.2 Å². The first-order valence-electron chi connectivity index (χ1n) is 3.80. The number of hydrogen-bond acceptors (Lipinski definition) is 3. The third-order valence-corrected chi connectivity index (χ3v) is 1.94. The fraction of sp³-hybridized carbons (Fsp3) is 0.222. The lowest BCUT2D eigenvalue weighted by molar-refractivity contribution is -0.113. The van der Waals surface area contributed by atoms with Gasteiger partial charge in [-0.25, -0.2) is 0 Å². The Balaban J connectivity index is 2.35. The Morgan fingerprint density at radius 2 is 2.42 bits per heavy atom. The largest absolute Gasteiger partial charge is 0.482 e.